The van der Waals surface area contributed by atoms with Gasteiger partial charge in [-0.2, -0.15) is 0 Å². The molecule has 1 aliphatic heterocycles. The predicted molar refractivity (Wildman–Crippen MR) is 93.6 cm³/mol. The maximum absolute atomic E-state index is 12.5. The summed E-state index contributed by atoms with van der Waals surface area (Å²) in [6.07, 6.45) is 4.05. The Balaban J connectivity index is 1.76. The quantitative estimate of drug-likeness (QED) is 0.935. The fraction of sp³-hybridized carbons (Fsp3) is 0.389. The lowest BCUT2D eigenvalue weighted by Crippen LogP contribution is -2.36. The smallest absolute Gasteiger partial charge is 0.255 e. The number of anilines is 2. The van der Waals surface area contributed by atoms with Gasteiger partial charge in [0.2, 0.25) is 0 Å². The van der Waals surface area contributed by atoms with Crippen molar-refractivity contribution in [2.24, 2.45) is 0 Å². The van der Waals surface area contributed by atoms with Gasteiger partial charge >= 0.3 is 0 Å². The zero-order valence-electron chi connectivity index (χ0n) is 14.1. The number of ether oxygens (including phenoxy) is 1. The van der Waals surface area contributed by atoms with E-state index >= 15 is 0 Å². The van der Waals surface area contributed by atoms with Gasteiger partial charge in [-0.15, -0.1) is 0 Å². The molecular formula is C18H22N4O2. The summed E-state index contributed by atoms with van der Waals surface area (Å²) in [6.45, 7) is 7.18. The van der Waals surface area contributed by atoms with Gasteiger partial charge in [0.25, 0.3) is 5.91 Å². The summed E-state index contributed by atoms with van der Waals surface area (Å²) in [5.41, 5.74) is 3.47. The minimum Gasteiger partial charge on any atom is -0.378 e. The average Bonchev–Trinajstić information content (AvgIpc) is 2.63. The molecule has 0 atom stereocenters. The number of amides is 1. The van der Waals surface area contributed by atoms with Crippen LogP contribution in [0.2, 0.25) is 0 Å². The van der Waals surface area contributed by atoms with Gasteiger partial charge in [-0.3, -0.25) is 4.79 Å². The maximum Gasteiger partial charge on any atom is 0.255 e. The van der Waals surface area contributed by atoms with Crippen molar-refractivity contribution in [2.45, 2.75) is 20.3 Å². The van der Waals surface area contributed by atoms with Crippen molar-refractivity contribution in [1.82, 2.24) is 9.97 Å². The number of hydrogen-bond acceptors (Lipinski definition) is 5. The Bertz CT molecular complexity index is 709. The maximum atomic E-state index is 12.5. The normalized spacial score (nSPS) is 14.5. The zero-order valence-corrected chi connectivity index (χ0v) is 14.1. The molecule has 3 rings (SSSR count). The van der Waals surface area contributed by atoms with Crippen LogP contribution in [-0.2, 0) is 11.2 Å². The molecule has 1 amide bonds. The molecule has 0 radical (unpaired) electrons. The number of carbonyl (C=O) groups excluding carboxylic acids is 1. The van der Waals surface area contributed by atoms with Crippen LogP contribution in [-0.4, -0.2) is 42.2 Å². The van der Waals surface area contributed by atoms with Crippen LogP contribution in [0.3, 0.4) is 0 Å². The molecule has 24 heavy (non-hydrogen) atoms. The van der Waals surface area contributed by atoms with Crippen molar-refractivity contribution in [3.8, 4) is 0 Å². The van der Waals surface area contributed by atoms with Crippen molar-refractivity contribution in [3.05, 3.63) is 47.5 Å². The fourth-order valence-electron chi connectivity index (χ4n) is 2.70. The van der Waals surface area contributed by atoms with Gasteiger partial charge in [-0.05, 0) is 24.6 Å². The molecule has 0 bridgehead atoms. The van der Waals surface area contributed by atoms with Gasteiger partial charge in [0.05, 0.1) is 31.3 Å². The topological polar surface area (TPSA) is 67.4 Å². The van der Waals surface area contributed by atoms with E-state index in [9.17, 15) is 4.79 Å². The third-order valence-electron chi connectivity index (χ3n) is 4.10. The highest BCUT2D eigenvalue weighted by Crippen LogP contribution is 2.23. The lowest BCUT2D eigenvalue weighted by atomic mass is 10.1. The van der Waals surface area contributed by atoms with Crippen LogP contribution in [0.25, 0.3) is 0 Å². The van der Waals surface area contributed by atoms with Crippen LogP contribution in [0.4, 0.5) is 11.4 Å². The van der Waals surface area contributed by atoms with Crippen LogP contribution in [0.1, 0.15) is 28.7 Å². The second kappa shape index (κ2) is 7.40. The fourth-order valence-corrected chi connectivity index (χ4v) is 2.70. The molecule has 2 heterocycles. The average molecular weight is 326 g/mol. The summed E-state index contributed by atoms with van der Waals surface area (Å²) in [5.74, 6) is 0.607. The number of carbonyl (C=O) groups is 1. The number of benzene rings is 1. The second-order valence-electron chi connectivity index (χ2n) is 5.80. The molecule has 6 heteroatoms. The first-order valence-electron chi connectivity index (χ1n) is 8.23. The Morgan fingerprint density at radius 1 is 1.25 bits per heavy atom. The summed E-state index contributed by atoms with van der Waals surface area (Å²) >= 11 is 0. The zero-order chi connectivity index (χ0) is 16.9. The number of rotatable bonds is 4. The molecule has 1 saturated heterocycles. The first-order valence-corrected chi connectivity index (χ1v) is 8.23. The molecule has 1 fully saturated rings. The van der Waals surface area contributed by atoms with Gasteiger partial charge in [0.1, 0.15) is 5.82 Å². The lowest BCUT2D eigenvalue weighted by Gasteiger charge is -2.30. The molecule has 1 aromatic carbocycles. The standard InChI is InChI=1S/C18H22N4O2/c1-3-17-19-11-15(12-20-17)21-18(23)14-5-4-13(2)16(10-14)22-6-8-24-9-7-22/h4-5,10-12H,3,6-9H2,1-2H3,(H,21,23). The van der Waals surface area contributed by atoms with E-state index in [1.54, 1.807) is 12.4 Å². The van der Waals surface area contributed by atoms with Gasteiger partial charge < -0.3 is 15.0 Å². The molecule has 6 nitrogen and oxygen atoms in total. The molecule has 0 saturated carbocycles. The van der Waals surface area contributed by atoms with E-state index in [4.69, 9.17) is 4.74 Å². The number of aromatic nitrogens is 2. The summed E-state index contributed by atoms with van der Waals surface area (Å²) in [6, 6.07) is 5.77. The van der Waals surface area contributed by atoms with Crippen molar-refractivity contribution in [3.63, 3.8) is 0 Å². The number of nitrogens with one attached hydrogen (secondary N) is 1. The summed E-state index contributed by atoms with van der Waals surface area (Å²) in [4.78, 5) is 23.2. The molecule has 1 aliphatic rings. The third kappa shape index (κ3) is 3.71. The lowest BCUT2D eigenvalue weighted by molar-refractivity contribution is 0.102. The second-order valence-corrected chi connectivity index (χ2v) is 5.80. The Kier molecular flexibility index (Phi) is 5.05. The van der Waals surface area contributed by atoms with E-state index in [0.29, 0.717) is 11.3 Å². The van der Waals surface area contributed by atoms with Crippen molar-refractivity contribution < 1.29 is 9.53 Å². The summed E-state index contributed by atoms with van der Waals surface area (Å²) in [7, 11) is 0. The Hall–Kier alpha value is -2.47. The largest absolute Gasteiger partial charge is 0.378 e. The van der Waals surface area contributed by atoms with E-state index < -0.39 is 0 Å². The van der Waals surface area contributed by atoms with Gasteiger partial charge in [0, 0.05) is 30.8 Å². The molecule has 0 unspecified atom stereocenters. The van der Waals surface area contributed by atoms with E-state index in [1.165, 1.54) is 0 Å². The molecule has 1 N–H and O–H groups in total. The molecule has 0 aliphatic carbocycles. The highest BCUT2D eigenvalue weighted by Gasteiger charge is 2.16. The number of aryl methyl sites for hydroxylation is 2. The van der Waals surface area contributed by atoms with E-state index in [2.05, 4.69) is 27.1 Å². The highest BCUT2D eigenvalue weighted by molar-refractivity contribution is 6.04. The van der Waals surface area contributed by atoms with Crippen molar-refractivity contribution in [2.75, 3.05) is 36.5 Å². The number of morpholine rings is 1. The Morgan fingerprint density at radius 2 is 1.96 bits per heavy atom. The summed E-state index contributed by atoms with van der Waals surface area (Å²) < 4.78 is 5.40. The van der Waals surface area contributed by atoms with Gasteiger partial charge in [-0.1, -0.05) is 13.0 Å². The van der Waals surface area contributed by atoms with Crippen LogP contribution in [0.5, 0.6) is 0 Å². The minimum absolute atomic E-state index is 0.155. The minimum atomic E-state index is -0.155. The molecule has 2 aromatic rings. The molecule has 0 spiro atoms. The van der Waals surface area contributed by atoms with Crippen LogP contribution < -0.4 is 10.2 Å². The van der Waals surface area contributed by atoms with Crippen LogP contribution >= 0.6 is 0 Å². The number of hydrogen-bond donors (Lipinski definition) is 1. The Morgan fingerprint density at radius 3 is 2.62 bits per heavy atom. The third-order valence-corrected chi connectivity index (χ3v) is 4.10. The predicted octanol–water partition coefficient (Wildman–Crippen LogP) is 2.44. The van der Waals surface area contributed by atoms with E-state index in [1.807, 2.05) is 25.1 Å². The van der Waals surface area contributed by atoms with Crippen LogP contribution in [0, 0.1) is 6.92 Å². The molecule has 1 aromatic heterocycles. The monoisotopic (exact) mass is 326 g/mol. The van der Waals surface area contributed by atoms with Crippen LogP contribution in [0.15, 0.2) is 30.6 Å². The first kappa shape index (κ1) is 16.4. The van der Waals surface area contributed by atoms with Crippen molar-refractivity contribution in [1.29, 1.82) is 0 Å². The number of nitrogens with zero attached hydrogens (tertiary/aromatic N) is 3. The summed E-state index contributed by atoms with van der Waals surface area (Å²) in [5, 5.41) is 2.85. The Labute approximate surface area is 141 Å². The molecular weight excluding hydrogens is 304 g/mol. The van der Waals surface area contributed by atoms with E-state index in [-0.39, 0.29) is 5.91 Å². The van der Waals surface area contributed by atoms with E-state index in [0.717, 1.165) is 49.8 Å². The first-order chi connectivity index (χ1) is 11.7. The SMILES string of the molecule is CCc1ncc(NC(=O)c2ccc(C)c(N3CCOCC3)c2)cn1. The van der Waals surface area contributed by atoms with Gasteiger partial charge in [-0.25, -0.2) is 9.97 Å². The highest BCUT2D eigenvalue weighted by atomic mass is 16.5. The molecule has 126 valence electrons. The van der Waals surface area contributed by atoms with Crippen molar-refractivity contribution >= 4 is 17.3 Å². The van der Waals surface area contributed by atoms with Gasteiger partial charge in [0.15, 0.2) is 0 Å².